The van der Waals surface area contributed by atoms with E-state index in [0.29, 0.717) is 31.6 Å². The largest absolute Gasteiger partial charge is 0.462 e. The molecule has 0 saturated carbocycles. The van der Waals surface area contributed by atoms with Crippen LogP contribution < -0.4 is 5.32 Å². The van der Waals surface area contributed by atoms with Gasteiger partial charge in [-0.1, -0.05) is 23.2 Å². The smallest absolute Gasteiger partial charge is 0.264 e. The second-order valence-electron chi connectivity index (χ2n) is 4.53. The standard InChI is InChI=1S/C15H10Cl2N2O2S/c1-8-2-4-10(21-8)7-13-14(20)19-15(22-13)18-9-3-5-11(16)12(17)6-9/h2-7H,1H3,(H,18,19,20). The Hall–Kier alpha value is -1.69. The lowest BCUT2D eigenvalue weighted by molar-refractivity contribution is -0.115. The molecule has 0 unspecified atom stereocenters. The molecule has 1 aliphatic heterocycles. The molecule has 0 radical (unpaired) electrons. The molecule has 3 rings (SSSR count). The zero-order valence-electron chi connectivity index (χ0n) is 11.4. The fourth-order valence-corrected chi connectivity index (χ4v) is 2.93. The van der Waals surface area contributed by atoms with E-state index in [1.54, 1.807) is 24.3 Å². The molecule has 1 N–H and O–H groups in total. The lowest BCUT2D eigenvalue weighted by Crippen LogP contribution is -2.19. The van der Waals surface area contributed by atoms with Crippen LogP contribution in [0.2, 0.25) is 10.0 Å². The van der Waals surface area contributed by atoms with Crippen LogP contribution in [0.25, 0.3) is 6.08 Å². The number of carbonyl (C=O) groups excluding carboxylic acids is 1. The maximum atomic E-state index is 11.9. The molecule has 1 aromatic heterocycles. The first-order valence-corrected chi connectivity index (χ1v) is 7.89. The van der Waals surface area contributed by atoms with Crippen molar-refractivity contribution in [2.75, 3.05) is 0 Å². The summed E-state index contributed by atoms with van der Waals surface area (Å²) in [4.78, 5) is 16.8. The van der Waals surface area contributed by atoms with Gasteiger partial charge in [-0.05, 0) is 49.0 Å². The average molecular weight is 353 g/mol. The zero-order chi connectivity index (χ0) is 15.7. The number of benzene rings is 1. The predicted octanol–water partition coefficient (Wildman–Crippen LogP) is 4.79. The monoisotopic (exact) mass is 352 g/mol. The van der Waals surface area contributed by atoms with E-state index in [0.717, 1.165) is 5.76 Å². The molecular weight excluding hydrogens is 343 g/mol. The third-order valence-electron chi connectivity index (χ3n) is 2.82. The van der Waals surface area contributed by atoms with E-state index < -0.39 is 0 Å². The molecule has 1 aromatic carbocycles. The van der Waals surface area contributed by atoms with Crippen molar-refractivity contribution in [1.82, 2.24) is 5.32 Å². The zero-order valence-corrected chi connectivity index (χ0v) is 13.7. The number of amides is 1. The molecule has 1 aliphatic rings. The van der Waals surface area contributed by atoms with Crippen LogP contribution in [0.4, 0.5) is 5.69 Å². The molecule has 7 heteroatoms. The van der Waals surface area contributed by atoms with Crippen molar-refractivity contribution in [3.8, 4) is 0 Å². The predicted molar refractivity (Wildman–Crippen MR) is 90.7 cm³/mol. The molecule has 112 valence electrons. The van der Waals surface area contributed by atoms with E-state index in [1.165, 1.54) is 11.8 Å². The minimum Gasteiger partial charge on any atom is -0.462 e. The summed E-state index contributed by atoms with van der Waals surface area (Å²) >= 11 is 13.1. The van der Waals surface area contributed by atoms with Crippen molar-refractivity contribution in [2.24, 2.45) is 4.99 Å². The van der Waals surface area contributed by atoms with Gasteiger partial charge >= 0.3 is 0 Å². The topological polar surface area (TPSA) is 54.6 Å². The Balaban J connectivity index is 1.83. The number of furan rings is 1. The molecule has 4 nitrogen and oxygen atoms in total. The minimum atomic E-state index is -0.210. The van der Waals surface area contributed by atoms with Crippen LogP contribution in [-0.2, 0) is 4.79 Å². The van der Waals surface area contributed by atoms with Crippen molar-refractivity contribution >= 4 is 57.8 Å². The molecule has 0 aliphatic carbocycles. The van der Waals surface area contributed by atoms with Crippen molar-refractivity contribution < 1.29 is 9.21 Å². The van der Waals surface area contributed by atoms with Crippen LogP contribution in [0, 0.1) is 6.92 Å². The molecule has 1 amide bonds. The highest BCUT2D eigenvalue weighted by atomic mass is 35.5. The number of aryl methyl sites for hydroxylation is 1. The molecule has 0 bridgehead atoms. The summed E-state index contributed by atoms with van der Waals surface area (Å²) in [5, 5.41) is 4.06. The second kappa shape index (κ2) is 6.20. The number of nitrogens with one attached hydrogen (secondary N) is 1. The SMILES string of the molecule is Cc1ccc(C=C2SC(=Nc3ccc(Cl)c(Cl)c3)NC2=O)o1. The van der Waals surface area contributed by atoms with E-state index in [1.807, 2.05) is 19.1 Å². The van der Waals surface area contributed by atoms with Gasteiger partial charge in [-0.15, -0.1) is 0 Å². The van der Waals surface area contributed by atoms with Gasteiger partial charge in [-0.2, -0.15) is 0 Å². The Bertz CT molecular complexity index is 812. The summed E-state index contributed by atoms with van der Waals surface area (Å²) in [5.74, 6) is 1.21. The van der Waals surface area contributed by atoms with Gasteiger partial charge in [-0.25, -0.2) is 4.99 Å². The summed E-state index contributed by atoms with van der Waals surface area (Å²) in [5.41, 5.74) is 0.618. The van der Waals surface area contributed by atoms with Crippen LogP contribution in [0.3, 0.4) is 0 Å². The Morgan fingerprint density at radius 2 is 2.05 bits per heavy atom. The Morgan fingerprint density at radius 1 is 1.23 bits per heavy atom. The maximum Gasteiger partial charge on any atom is 0.264 e. The molecule has 2 aromatic rings. The fraction of sp³-hybridized carbons (Fsp3) is 0.0667. The van der Waals surface area contributed by atoms with E-state index >= 15 is 0 Å². The number of carbonyl (C=O) groups is 1. The summed E-state index contributed by atoms with van der Waals surface area (Å²) in [6.07, 6.45) is 1.68. The highest BCUT2D eigenvalue weighted by Crippen LogP contribution is 2.31. The van der Waals surface area contributed by atoms with Crippen molar-refractivity contribution in [3.05, 3.63) is 56.8 Å². The summed E-state index contributed by atoms with van der Waals surface area (Å²) in [6, 6.07) is 8.68. The van der Waals surface area contributed by atoms with Gasteiger partial charge in [0.1, 0.15) is 11.5 Å². The van der Waals surface area contributed by atoms with Gasteiger partial charge in [0.2, 0.25) is 0 Å². The summed E-state index contributed by atoms with van der Waals surface area (Å²) in [7, 11) is 0. The van der Waals surface area contributed by atoms with Gasteiger partial charge < -0.3 is 9.73 Å². The van der Waals surface area contributed by atoms with Crippen LogP contribution in [0.1, 0.15) is 11.5 Å². The van der Waals surface area contributed by atoms with Crippen molar-refractivity contribution in [3.63, 3.8) is 0 Å². The average Bonchev–Trinajstić information content (AvgIpc) is 3.01. The van der Waals surface area contributed by atoms with Gasteiger partial charge in [-0.3, -0.25) is 4.79 Å². The highest BCUT2D eigenvalue weighted by Gasteiger charge is 2.24. The first-order chi connectivity index (χ1) is 10.5. The summed E-state index contributed by atoms with van der Waals surface area (Å²) in [6.45, 7) is 1.85. The molecular formula is C15H10Cl2N2O2S. The Labute approximate surface area is 141 Å². The van der Waals surface area contributed by atoms with Crippen LogP contribution >= 0.6 is 35.0 Å². The molecule has 1 fully saturated rings. The molecule has 0 atom stereocenters. The first-order valence-electron chi connectivity index (χ1n) is 6.32. The number of rotatable bonds is 2. The van der Waals surface area contributed by atoms with Crippen LogP contribution in [0.15, 0.2) is 44.6 Å². The van der Waals surface area contributed by atoms with Crippen LogP contribution in [0.5, 0.6) is 0 Å². The van der Waals surface area contributed by atoms with E-state index in [-0.39, 0.29) is 5.91 Å². The number of halogens is 2. The van der Waals surface area contributed by atoms with Crippen molar-refractivity contribution in [2.45, 2.75) is 6.92 Å². The minimum absolute atomic E-state index is 0.210. The maximum absolute atomic E-state index is 11.9. The first kappa shape index (κ1) is 15.2. The molecule has 2 heterocycles. The van der Waals surface area contributed by atoms with Gasteiger partial charge in [0.15, 0.2) is 5.17 Å². The number of amidine groups is 1. The molecule has 0 spiro atoms. The Kier molecular flexibility index (Phi) is 4.29. The van der Waals surface area contributed by atoms with Crippen molar-refractivity contribution in [1.29, 1.82) is 0 Å². The number of thioether (sulfide) groups is 1. The third-order valence-corrected chi connectivity index (χ3v) is 4.47. The van der Waals surface area contributed by atoms with E-state index in [9.17, 15) is 4.79 Å². The Morgan fingerprint density at radius 3 is 2.73 bits per heavy atom. The summed E-state index contributed by atoms with van der Waals surface area (Å²) < 4.78 is 5.43. The van der Waals surface area contributed by atoms with E-state index in [4.69, 9.17) is 27.6 Å². The quantitative estimate of drug-likeness (QED) is 0.790. The number of hydrogen-bond donors (Lipinski definition) is 1. The lowest BCUT2D eigenvalue weighted by Gasteiger charge is -1.98. The fourth-order valence-electron chi connectivity index (χ4n) is 1.81. The number of hydrogen-bond acceptors (Lipinski definition) is 4. The normalized spacial score (nSPS) is 18.2. The number of aliphatic imine (C=N–C) groups is 1. The highest BCUT2D eigenvalue weighted by molar-refractivity contribution is 8.18. The lowest BCUT2D eigenvalue weighted by atomic mass is 10.3. The second-order valence-corrected chi connectivity index (χ2v) is 6.37. The van der Waals surface area contributed by atoms with Crippen LogP contribution in [-0.4, -0.2) is 11.1 Å². The number of nitrogens with zero attached hydrogens (tertiary/aromatic N) is 1. The molecule has 1 saturated heterocycles. The van der Waals surface area contributed by atoms with Gasteiger partial charge in [0.25, 0.3) is 5.91 Å². The third kappa shape index (κ3) is 3.38. The van der Waals surface area contributed by atoms with E-state index in [2.05, 4.69) is 10.3 Å². The van der Waals surface area contributed by atoms with Gasteiger partial charge in [0, 0.05) is 6.08 Å². The van der Waals surface area contributed by atoms with Gasteiger partial charge in [0.05, 0.1) is 20.6 Å². The molecule has 22 heavy (non-hydrogen) atoms.